The van der Waals surface area contributed by atoms with Crippen LogP contribution in [0.2, 0.25) is 0 Å². The molecule has 0 saturated heterocycles. The highest BCUT2D eigenvalue weighted by Gasteiger charge is 2.16. The number of carbonyl (C=O) groups excluding carboxylic acids is 3. The monoisotopic (exact) mass is 612 g/mol. The number of hydrogen-bond donors (Lipinski definition) is 5. The van der Waals surface area contributed by atoms with Crippen LogP contribution < -0.4 is 32.3 Å². The molecule has 0 radical (unpaired) electrons. The van der Waals surface area contributed by atoms with E-state index in [0.29, 0.717) is 58.6 Å². The highest BCUT2D eigenvalue weighted by Crippen LogP contribution is 2.25. The van der Waals surface area contributed by atoms with Crippen LogP contribution >= 0.6 is 23.2 Å². The fourth-order valence-electron chi connectivity index (χ4n) is 4.17. The lowest BCUT2D eigenvalue weighted by molar-refractivity contribution is -0.114. The van der Waals surface area contributed by atoms with Crippen molar-refractivity contribution in [2.24, 2.45) is 23.5 Å². The van der Waals surface area contributed by atoms with Crippen LogP contribution in [0.4, 0.5) is 22.7 Å². The van der Waals surface area contributed by atoms with E-state index in [-0.39, 0.29) is 18.3 Å². The summed E-state index contributed by atoms with van der Waals surface area (Å²) in [5.74, 6) is -0.376. The fraction of sp³-hybridized carbons (Fsp3) is 0.214. The van der Waals surface area contributed by atoms with E-state index >= 15 is 0 Å². The molecule has 0 unspecified atom stereocenters. The van der Waals surface area contributed by atoms with Gasteiger partial charge in [0.25, 0.3) is 11.8 Å². The van der Waals surface area contributed by atoms with E-state index in [0.717, 1.165) is 5.69 Å². The molecule has 0 spiro atoms. The molecule has 220 valence electrons. The molecule has 2 aromatic heterocycles. The number of aliphatic imine (C=N–C) groups is 1. The number of guanidine groups is 1. The van der Waals surface area contributed by atoms with Crippen LogP contribution in [0.1, 0.15) is 21.0 Å². The molecule has 0 atom stereocenters. The van der Waals surface area contributed by atoms with Gasteiger partial charge in [0, 0.05) is 60.5 Å². The highest BCUT2D eigenvalue weighted by atomic mass is 35.5. The van der Waals surface area contributed by atoms with Crippen LogP contribution in [-0.2, 0) is 11.8 Å². The Morgan fingerprint density at radius 3 is 2.21 bits per heavy atom. The van der Waals surface area contributed by atoms with Crippen molar-refractivity contribution in [3.05, 3.63) is 72.2 Å². The third-order valence-corrected chi connectivity index (χ3v) is 6.46. The maximum absolute atomic E-state index is 12.9. The summed E-state index contributed by atoms with van der Waals surface area (Å²) >= 11 is 11.8. The number of aryl methyl sites for hydroxylation is 1. The second-order valence-electron chi connectivity index (χ2n) is 9.20. The van der Waals surface area contributed by atoms with Crippen LogP contribution in [0, 0.1) is 0 Å². The van der Waals surface area contributed by atoms with Crippen LogP contribution in [-0.4, -0.2) is 59.6 Å². The van der Waals surface area contributed by atoms with Crippen molar-refractivity contribution in [1.29, 1.82) is 0 Å². The molecule has 42 heavy (non-hydrogen) atoms. The second-order valence-corrected chi connectivity index (χ2v) is 9.95. The number of nitrogens with two attached hydrogens (primary N) is 2. The van der Waals surface area contributed by atoms with Crippen molar-refractivity contribution in [2.45, 2.75) is 0 Å². The Balaban J connectivity index is 1.40. The summed E-state index contributed by atoms with van der Waals surface area (Å²) in [6.07, 6.45) is 1.59. The van der Waals surface area contributed by atoms with Crippen molar-refractivity contribution < 1.29 is 18.8 Å². The predicted molar refractivity (Wildman–Crippen MR) is 167 cm³/mol. The maximum atomic E-state index is 12.9. The molecular weight excluding hydrogens is 583 g/mol. The average molecular weight is 614 g/mol. The van der Waals surface area contributed by atoms with Crippen molar-refractivity contribution in [2.75, 3.05) is 52.2 Å². The number of fused-ring (bicyclic) bond motifs is 1. The number of carbonyl (C=O) groups is 3. The van der Waals surface area contributed by atoms with Gasteiger partial charge in [0.05, 0.1) is 5.69 Å². The van der Waals surface area contributed by atoms with Gasteiger partial charge in [0.2, 0.25) is 5.91 Å². The predicted octanol–water partition coefficient (Wildman–Crippen LogP) is 3.77. The number of furan rings is 1. The number of nitrogens with one attached hydrogen (secondary N) is 3. The van der Waals surface area contributed by atoms with Crippen molar-refractivity contribution >= 4 is 80.6 Å². The highest BCUT2D eigenvalue weighted by molar-refractivity contribution is 6.18. The van der Waals surface area contributed by atoms with Crippen LogP contribution in [0.15, 0.2) is 70.2 Å². The Hall–Kier alpha value is -4.68. The third-order valence-electron chi connectivity index (χ3n) is 6.12. The van der Waals surface area contributed by atoms with Crippen LogP contribution in [0.25, 0.3) is 11.0 Å². The number of amides is 3. The van der Waals surface area contributed by atoms with E-state index in [4.69, 9.17) is 39.1 Å². The van der Waals surface area contributed by atoms with Gasteiger partial charge in [0.15, 0.2) is 11.7 Å². The minimum atomic E-state index is -0.431. The van der Waals surface area contributed by atoms with E-state index in [1.165, 1.54) is 6.07 Å². The molecule has 12 nitrogen and oxygen atoms in total. The normalized spacial score (nSPS) is 10.7. The zero-order chi connectivity index (χ0) is 30.2. The molecule has 2 aromatic carbocycles. The first kappa shape index (κ1) is 30.3. The number of aromatic nitrogens is 1. The zero-order valence-electron chi connectivity index (χ0n) is 22.7. The summed E-state index contributed by atoms with van der Waals surface area (Å²) in [6, 6.07) is 15.5. The van der Waals surface area contributed by atoms with Crippen LogP contribution in [0.5, 0.6) is 0 Å². The van der Waals surface area contributed by atoms with E-state index in [9.17, 15) is 14.4 Å². The first-order valence-corrected chi connectivity index (χ1v) is 13.9. The second kappa shape index (κ2) is 13.8. The largest absolute Gasteiger partial charge is 0.451 e. The van der Waals surface area contributed by atoms with Gasteiger partial charge in [-0.3, -0.25) is 14.4 Å². The van der Waals surface area contributed by atoms with Gasteiger partial charge in [-0.2, -0.15) is 0 Å². The first-order chi connectivity index (χ1) is 20.2. The molecular formula is C28H30Cl2N8O4. The Labute approximate surface area is 251 Å². The SMILES string of the molecule is Cn1cc(NC(=O)CN=C(N)N)cc1C(=O)Nc1ccc2oc(C(=O)Nc3ccc(N(CCCl)CCCl)cc3)cc2c1. The van der Waals surface area contributed by atoms with E-state index in [1.54, 1.807) is 54.2 Å². The lowest BCUT2D eigenvalue weighted by Crippen LogP contribution is -2.27. The molecule has 0 saturated carbocycles. The minimum Gasteiger partial charge on any atom is -0.451 e. The molecule has 0 aliphatic carbocycles. The standard InChI is InChI=1S/C28H30Cl2N8O4/c1-37-16-20(34-25(39)15-33-28(31)32)14-22(37)26(40)36-19-4-7-23-17(12-19)13-24(42-23)27(41)35-18-2-5-21(6-3-18)38(10-8-29)11-9-30/h2-7,12-14,16H,8-11,15H2,1H3,(H,34,39)(H,35,41)(H,36,40)(H4,31,32,33). The Morgan fingerprint density at radius 2 is 1.55 bits per heavy atom. The van der Waals surface area contributed by atoms with Gasteiger partial charge in [0.1, 0.15) is 17.8 Å². The number of hydrogen-bond acceptors (Lipinski definition) is 6. The maximum Gasteiger partial charge on any atom is 0.291 e. The molecule has 4 rings (SSSR count). The van der Waals surface area contributed by atoms with Crippen LogP contribution in [0.3, 0.4) is 0 Å². The van der Waals surface area contributed by atoms with Gasteiger partial charge < -0.3 is 41.3 Å². The summed E-state index contributed by atoms with van der Waals surface area (Å²) in [4.78, 5) is 43.5. The number of rotatable bonds is 12. The van der Waals surface area contributed by atoms with Crippen molar-refractivity contribution in [3.63, 3.8) is 0 Å². The minimum absolute atomic E-state index is 0.118. The molecule has 4 aromatic rings. The number of nitrogens with zero attached hydrogens (tertiary/aromatic N) is 3. The Morgan fingerprint density at radius 1 is 0.881 bits per heavy atom. The number of alkyl halides is 2. The molecule has 2 heterocycles. The van der Waals surface area contributed by atoms with Gasteiger partial charge >= 0.3 is 0 Å². The fourth-order valence-corrected chi connectivity index (χ4v) is 4.58. The van der Waals surface area contributed by atoms with Crippen molar-refractivity contribution in [3.8, 4) is 0 Å². The summed E-state index contributed by atoms with van der Waals surface area (Å²) in [5.41, 5.74) is 13.7. The summed E-state index contributed by atoms with van der Waals surface area (Å²) in [6.45, 7) is 1.08. The number of anilines is 4. The van der Waals surface area contributed by atoms with Gasteiger partial charge in [-0.25, -0.2) is 4.99 Å². The van der Waals surface area contributed by atoms with Gasteiger partial charge in [-0.1, -0.05) is 0 Å². The third kappa shape index (κ3) is 7.74. The molecule has 3 amide bonds. The quantitative estimate of drug-likeness (QED) is 0.0919. The Bertz CT molecular complexity index is 1600. The average Bonchev–Trinajstić information content (AvgIpc) is 3.55. The van der Waals surface area contributed by atoms with Gasteiger partial charge in [-0.15, -0.1) is 23.2 Å². The first-order valence-electron chi connectivity index (χ1n) is 12.8. The lowest BCUT2D eigenvalue weighted by Gasteiger charge is -2.23. The summed E-state index contributed by atoms with van der Waals surface area (Å²) in [7, 11) is 1.67. The summed E-state index contributed by atoms with van der Waals surface area (Å²) < 4.78 is 7.31. The topological polar surface area (TPSA) is 173 Å². The molecule has 14 heteroatoms. The zero-order valence-corrected chi connectivity index (χ0v) is 24.2. The summed E-state index contributed by atoms with van der Waals surface area (Å²) in [5, 5.41) is 8.91. The number of halogens is 2. The lowest BCUT2D eigenvalue weighted by atomic mass is 10.2. The Kier molecular flexibility index (Phi) is 9.94. The molecule has 0 aliphatic rings. The van der Waals surface area contributed by atoms with E-state index < -0.39 is 17.7 Å². The molecule has 7 N–H and O–H groups in total. The molecule has 0 fully saturated rings. The molecule has 0 aliphatic heterocycles. The smallest absolute Gasteiger partial charge is 0.291 e. The number of benzene rings is 2. The van der Waals surface area contributed by atoms with Gasteiger partial charge in [-0.05, 0) is 54.6 Å². The van der Waals surface area contributed by atoms with Crippen molar-refractivity contribution in [1.82, 2.24) is 4.57 Å². The molecule has 0 bridgehead atoms. The van der Waals surface area contributed by atoms with E-state index in [2.05, 4.69) is 25.8 Å². The van der Waals surface area contributed by atoms with E-state index in [1.807, 2.05) is 12.1 Å².